The number of carbonyl (C=O) groups is 1. The molecule has 0 saturated heterocycles. The second kappa shape index (κ2) is 6.32. The number of amides is 1. The third-order valence-electron chi connectivity index (χ3n) is 2.98. The van der Waals surface area contributed by atoms with E-state index >= 15 is 0 Å². The first-order valence-electron chi connectivity index (χ1n) is 6.11. The molecule has 108 valence electrons. The largest absolute Gasteiger partial charge is 0.348 e. The lowest BCUT2D eigenvalue weighted by molar-refractivity contribution is -0.385. The third kappa shape index (κ3) is 3.55. The Hall–Kier alpha value is -2.47. The molecule has 0 radical (unpaired) electrons. The number of benzene rings is 1. The lowest BCUT2D eigenvalue weighted by Crippen LogP contribution is -2.23. The van der Waals surface area contributed by atoms with Crippen LogP contribution < -0.4 is 5.32 Å². The van der Waals surface area contributed by atoms with Crippen LogP contribution in [0.2, 0.25) is 5.15 Å². The van der Waals surface area contributed by atoms with Crippen molar-refractivity contribution in [2.45, 2.75) is 13.5 Å². The number of pyridine rings is 1. The van der Waals surface area contributed by atoms with Gasteiger partial charge in [-0.3, -0.25) is 14.9 Å². The fraction of sp³-hybridized carbons (Fsp3) is 0.143. The molecule has 0 aliphatic rings. The van der Waals surface area contributed by atoms with Gasteiger partial charge in [-0.15, -0.1) is 0 Å². The number of nitrogens with one attached hydrogen (secondary N) is 1. The topological polar surface area (TPSA) is 85.1 Å². The van der Waals surface area contributed by atoms with Gasteiger partial charge in [-0.1, -0.05) is 35.9 Å². The summed E-state index contributed by atoms with van der Waals surface area (Å²) in [4.78, 5) is 25.8. The Kier molecular flexibility index (Phi) is 4.49. The minimum absolute atomic E-state index is 0.0144. The molecule has 0 fully saturated rings. The highest BCUT2D eigenvalue weighted by molar-refractivity contribution is 6.32. The van der Waals surface area contributed by atoms with Gasteiger partial charge in [0.05, 0.1) is 10.5 Å². The number of rotatable bonds is 4. The van der Waals surface area contributed by atoms with Crippen molar-refractivity contribution in [3.8, 4) is 0 Å². The van der Waals surface area contributed by atoms with Crippen molar-refractivity contribution < 1.29 is 9.72 Å². The van der Waals surface area contributed by atoms with Crippen LogP contribution in [-0.2, 0) is 6.54 Å². The Bertz CT molecular complexity index is 704. The van der Waals surface area contributed by atoms with Crippen LogP contribution >= 0.6 is 11.6 Å². The molecular formula is C14H12ClN3O3. The Labute approximate surface area is 125 Å². The Morgan fingerprint density at radius 1 is 1.43 bits per heavy atom. The highest BCUT2D eigenvalue weighted by Crippen LogP contribution is 2.19. The van der Waals surface area contributed by atoms with E-state index in [1.165, 1.54) is 0 Å². The van der Waals surface area contributed by atoms with Gasteiger partial charge < -0.3 is 5.32 Å². The molecule has 0 unspecified atom stereocenters. The number of nitro groups is 1. The zero-order valence-electron chi connectivity index (χ0n) is 11.2. The fourth-order valence-corrected chi connectivity index (χ4v) is 1.96. The second-order valence-corrected chi connectivity index (χ2v) is 4.76. The molecule has 1 aromatic carbocycles. The molecule has 1 amide bonds. The van der Waals surface area contributed by atoms with Crippen LogP contribution in [0.25, 0.3) is 0 Å². The van der Waals surface area contributed by atoms with E-state index in [0.717, 1.165) is 23.4 Å². The van der Waals surface area contributed by atoms with Crippen LogP contribution in [0.1, 0.15) is 21.5 Å². The molecule has 0 spiro atoms. The first-order chi connectivity index (χ1) is 9.99. The van der Waals surface area contributed by atoms with Crippen LogP contribution in [-0.4, -0.2) is 15.8 Å². The van der Waals surface area contributed by atoms with Gasteiger partial charge in [0.1, 0.15) is 11.3 Å². The summed E-state index contributed by atoms with van der Waals surface area (Å²) < 4.78 is 0. The van der Waals surface area contributed by atoms with Crippen LogP contribution in [0.5, 0.6) is 0 Å². The number of aryl methyl sites for hydroxylation is 1. The molecule has 2 aromatic rings. The van der Waals surface area contributed by atoms with Crippen molar-refractivity contribution in [1.29, 1.82) is 0 Å². The third-order valence-corrected chi connectivity index (χ3v) is 3.28. The van der Waals surface area contributed by atoms with E-state index < -0.39 is 10.8 Å². The van der Waals surface area contributed by atoms with Crippen molar-refractivity contribution in [2.75, 3.05) is 0 Å². The number of aromatic nitrogens is 1. The fourth-order valence-electron chi connectivity index (χ4n) is 1.78. The molecule has 0 aliphatic carbocycles. The highest BCUT2D eigenvalue weighted by Gasteiger charge is 2.17. The number of hydrogen-bond donors (Lipinski definition) is 1. The van der Waals surface area contributed by atoms with Gasteiger partial charge in [0.25, 0.3) is 11.6 Å². The van der Waals surface area contributed by atoms with Crippen LogP contribution in [0.15, 0.2) is 36.5 Å². The summed E-state index contributed by atoms with van der Waals surface area (Å²) in [5.74, 6) is -0.501. The maximum absolute atomic E-state index is 12.1. The van der Waals surface area contributed by atoms with E-state index in [4.69, 9.17) is 11.6 Å². The zero-order chi connectivity index (χ0) is 15.4. The van der Waals surface area contributed by atoms with Crippen molar-refractivity contribution >= 4 is 23.2 Å². The number of nitrogens with zero attached hydrogens (tertiary/aromatic N) is 2. The smallest absolute Gasteiger partial charge is 0.288 e. The van der Waals surface area contributed by atoms with Crippen LogP contribution in [0.4, 0.5) is 5.69 Å². The number of carbonyl (C=O) groups excluding carboxylic acids is 1. The number of hydrogen-bond acceptors (Lipinski definition) is 4. The monoisotopic (exact) mass is 305 g/mol. The second-order valence-electron chi connectivity index (χ2n) is 4.40. The molecule has 2 rings (SSSR count). The minimum Gasteiger partial charge on any atom is -0.348 e. The van der Waals surface area contributed by atoms with E-state index in [2.05, 4.69) is 10.3 Å². The van der Waals surface area contributed by atoms with Gasteiger partial charge in [-0.05, 0) is 18.1 Å². The average molecular weight is 306 g/mol. The molecule has 1 heterocycles. The van der Waals surface area contributed by atoms with Gasteiger partial charge in [0.2, 0.25) is 0 Å². The quantitative estimate of drug-likeness (QED) is 0.534. The standard InChI is InChI=1S/C14H12ClN3O3/c1-9-4-2-3-5-10(9)7-17-14(19)12-6-11(18(20)21)8-16-13(12)15/h2-6,8H,7H2,1H3,(H,17,19). The summed E-state index contributed by atoms with van der Waals surface area (Å²) in [6, 6.07) is 8.72. The van der Waals surface area contributed by atoms with Crippen molar-refractivity contribution in [1.82, 2.24) is 10.3 Å². The van der Waals surface area contributed by atoms with E-state index in [0.29, 0.717) is 6.54 Å². The maximum Gasteiger partial charge on any atom is 0.288 e. The van der Waals surface area contributed by atoms with E-state index in [9.17, 15) is 14.9 Å². The van der Waals surface area contributed by atoms with E-state index in [1.807, 2.05) is 31.2 Å². The molecule has 1 N–H and O–H groups in total. The van der Waals surface area contributed by atoms with Crippen LogP contribution in [0, 0.1) is 17.0 Å². The SMILES string of the molecule is Cc1ccccc1CNC(=O)c1cc([N+](=O)[O-])cnc1Cl. The summed E-state index contributed by atoms with van der Waals surface area (Å²) in [7, 11) is 0. The molecule has 1 aromatic heterocycles. The minimum atomic E-state index is -0.624. The first kappa shape index (κ1) is 14.9. The van der Waals surface area contributed by atoms with Crippen LogP contribution in [0.3, 0.4) is 0 Å². The summed E-state index contributed by atoms with van der Waals surface area (Å²) >= 11 is 5.81. The summed E-state index contributed by atoms with van der Waals surface area (Å²) in [6.07, 6.45) is 1.01. The van der Waals surface area contributed by atoms with E-state index in [1.54, 1.807) is 0 Å². The van der Waals surface area contributed by atoms with Crippen molar-refractivity contribution in [2.24, 2.45) is 0 Å². The normalized spacial score (nSPS) is 10.2. The molecule has 21 heavy (non-hydrogen) atoms. The lowest BCUT2D eigenvalue weighted by atomic mass is 10.1. The predicted molar refractivity (Wildman–Crippen MR) is 78.3 cm³/mol. The summed E-state index contributed by atoms with van der Waals surface area (Å²) in [5, 5.41) is 13.3. The molecule has 0 atom stereocenters. The molecular weight excluding hydrogens is 294 g/mol. The Morgan fingerprint density at radius 2 is 2.14 bits per heavy atom. The van der Waals surface area contributed by atoms with Crippen molar-refractivity contribution in [3.63, 3.8) is 0 Å². The zero-order valence-corrected chi connectivity index (χ0v) is 11.9. The van der Waals surface area contributed by atoms with Gasteiger partial charge >= 0.3 is 0 Å². The Balaban J connectivity index is 2.15. The van der Waals surface area contributed by atoms with Gasteiger partial charge in [0.15, 0.2) is 0 Å². The van der Waals surface area contributed by atoms with Gasteiger partial charge in [0, 0.05) is 12.6 Å². The molecule has 0 aliphatic heterocycles. The lowest BCUT2D eigenvalue weighted by Gasteiger charge is -2.08. The Morgan fingerprint density at radius 3 is 2.81 bits per heavy atom. The number of halogens is 1. The predicted octanol–water partition coefficient (Wildman–Crippen LogP) is 2.88. The van der Waals surface area contributed by atoms with Crippen molar-refractivity contribution in [3.05, 3.63) is 68.5 Å². The first-order valence-corrected chi connectivity index (χ1v) is 6.49. The highest BCUT2D eigenvalue weighted by atomic mass is 35.5. The molecule has 0 bridgehead atoms. The van der Waals surface area contributed by atoms with Gasteiger partial charge in [-0.25, -0.2) is 4.98 Å². The molecule has 7 heteroatoms. The summed E-state index contributed by atoms with van der Waals surface area (Å²) in [6.45, 7) is 2.24. The summed E-state index contributed by atoms with van der Waals surface area (Å²) in [5.41, 5.74) is 1.71. The van der Waals surface area contributed by atoms with E-state index in [-0.39, 0.29) is 16.4 Å². The molecule has 6 nitrogen and oxygen atoms in total. The van der Waals surface area contributed by atoms with Gasteiger partial charge in [-0.2, -0.15) is 0 Å². The average Bonchev–Trinajstić information content (AvgIpc) is 2.46. The molecule has 0 saturated carbocycles. The maximum atomic E-state index is 12.1.